The molecular formula is C62H59N4OPt-3. The van der Waals surface area contributed by atoms with E-state index >= 15 is 0 Å². The molecule has 9 aromatic rings. The number of hydrogen-bond donors (Lipinski definition) is 0. The van der Waals surface area contributed by atoms with Gasteiger partial charge in [-0.1, -0.05) is 166 Å². The van der Waals surface area contributed by atoms with Crippen molar-refractivity contribution in [3.63, 3.8) is 0 Å². The molecule has 0 atom stereocenters. The van der Waals surface area contributed by atoms with E-state index in [0.717, 1.165) is 55.9 Å². The third kappa shape index (κ3) is 8.67. The molecule has 0 amide bonds. The predicted molar refractivity (Wildman–Crippen MR) is 280 cm³/mol. The van der Waals surface area contributed by atoms with Crippen molar-refractivity contribution < 1.29 is 25.8 Å². The van der Waals surface area contributed by atoms with Crippen molar-refractivity contribution in [2.45, 2.75) is 91.4 Å². The fraction of sp³-hybridized carbons (Fsp3) is 0.226. The number of rotatable bonds is 9. The van der Waals surface area contributed by atoms with Crippen molar-refractivity contribution in [2.24, 2.45) is 0 Å². The van der Waals surface area contributed by atoms with Crippen LogP contribution in [0.2, 0.25) is 0 Å². The number of benzene rings is 7. The van der Waals surface area contributed by atoms with Crippen LogP contribution in [0.25, 0.3) is 38.8 Å². The van der Waals surface area contributed by atoms with Gasteiger partial charge in [-0.15, -0.1) is 53.6 Å². The molecule has 346 valence electrons. The first kappa shape index (κ1) is 46.7. The van der Waals surface area contributed by atoms with E-state index < -0.39 is 0 Å². The van der Waals surface area contributed by atoms with Crippen LogP contribution >= 0.6 is 0 Å². The van der Waals surface area contributed by atoms with E-state index in [1.165, 1.54) is 33.4 Å². The fourth-order valence-electron chi connectivity index (χ4n) is 9.52. The third-order valence-electron chi connectivity index (χ3n) is 13.5. The summed E-state index contributed by atoms with van der Waals surface area (Å²) >= 11 is 0. The molecule has 0 spiro atoms. The molecule has 0 fully saturated rings. The molecular weight excluding hydrogens is 1010 g/mol. The Morgan fingerprint density at radius 3 is 2.03 bits per heavy atom. The summed E-state index contributed by atoms with van der Waals surface area (Å²) in [6.45, 7) is 24.9. The van der Waals surface area contributed by atoms with Gasteiger partial charge in [-0.05, 0) is 98.0 Å². The van der Waals surface area contributed by atoms with E-state index in [1.54, 1.807) is 0 Å². The van der Waals surface area contributed by atoms with E-state index in [4.69, 9.17) is 9.72 Å². The second-order valence-electron chi connectivity index (χ2n) is 20.9. The quantitative estimate of drug-likeness (QED) is 0.135. The first-order valence-electron chi connectivity index (χ1n) is 23.6. The Bertz CT molecular complexity index is 3300. The van der Waals surface area contributed by atoms with Crippen molar-refractivity contribution >= 4 is 44.6 Å². The van der Waals surface area contributed by atoms with Crippen molar-refractivity contribution in [3.8, 4) is 28.4 Å². The van der Waals surface area contributed by atoms with Crippen LogP contribution in [0, 0.1) is 18.8 Å². The monoisotopic (exact) mass is 1070 g/mol. The number of para-hydroxylation sites is 1. The van der Waals surface area contributed by atoms with Gasteiger partial charge in [-0.25, -0.2) is 4.98 Å². The van der Waals surface area contributed by atoms with E-state index in [-0.39, 0.29) is 37.3 Å². The predicted octanol–water partition coefficient (Wildman–Crippen LogP) is 16.7. The zero-order valence-electron chi connectivity index (χ0n) is 40.8. The van der Waals surface area contributed by atoms with Crippen LogP contribution in [0.1, 0.15) is 103 Å². The van der Waals surface area contributed by atoms with Crippen LogP contribution in [0.3, 0.4) is 0 Å². The molecule has 6 heteroatoms. The van der Waals surface area contributed by atoms with Crippen LogP contribution < -0.4 is 14.5 Å². The van der Waals surface area contributed by atoms with Crippen molar-refractivity contribution in [2.75, 3.05) is 9.80 Å². The topological polar surface area (TPSA) is 33.5 Å². The minimum Gasteiger partial charge on any atom is -0.509 e. The first-order valence-corrected chi connectivity index (χ1v) is 23.6. The molecule has 0 bridgehead atoms. The Labute approximate surface area is 417 Å². The standard InChI is InChI=1S/C62H59N4O.Pt/c1-41(2)51-23-14-15-24-52(51)42-33-48(65-40-64(47-22-18-21-44(35-47)60(3,4)5)58-36-45(61(6,7)8)27-30-56(58)65)38-50(34-42)67-49-28-29-54-53-25-16-17-26-55(53)66(57(54)39-49)59-37-46(31-32-63-59)62(9,10)43-19-12-11-13-20-43;/h11-37,40-41H,1-10H3;/q-3;. The number of pyridine rings is 1. The Kier molecular flexibility index (Phi) is 12.3. The molecule has 1 aliphatic rings. The number of hydrogen-bond acceptors (Lipinski definition) is 4. The summed E-state index contributed by atoms with van der Waals surface area (Å²) in [5.41, 5.74) is 14.4. The van der Waals surface area contributed by atoms with Gasteiger partial charge in [-0.3, -0.25) is 0 Å². The minimum absolute atomic E-state index is 0. The van der Waals surface area contributed by atoms with Gasteiger partial charge in [0.15, 0.2) is 0 Å². The van der Waals surface area contributed by atoms with Crippen LogP contribution in [0.15, 0.2) is 164 Å². The van der Waals surface area contributed by atoms with Crippen LogP contribution in [0.5, 0.6) is 11.5 Å². The molecule has 10 rings (SSSR count). The first-order chi connectivity index (χ1) is 32.0. The number of ether oxygens (including phenoxy) is 1. The summed E-state index contributed by atoms with van der Waals surface area (Å²) < 4.78 is 9.21. The molecule has 5 nitrogen and oxygen atoms in total. The Morgan fingerprint density at radius 1 is 0.559 bits per heavy atom. The van der Waals surface area contributed by atoms with E-state index in [1.807, 2.05) is 12.3 Å². The summed E-state index contributed by atoms with van der Waals surface area (Å²) in [6, 6.07) is 64.1. The van der Waals surface area contributed by atoms with Crippen LogP contribution in [-0.4, -0.2) is 9.55 Å². The van der Waals surface area contributed by atoms with Crippen molar-refractivity contribution in [1.82, 2.24) is 9.55 Å². The largest absolute Gasteiger partial charge is 0.509 e. The fourth-order valence-corrected chi connectivity index (χ4v) is 9.52. The van der Waals surface area contributed by atoms with Gasteiger partial charge in [0, 0.05) is 66.8 Å². The normalized spacial score (nSPS) is 13.0. The molecule has 0 aliphatic carbocycles. The molecule has 1 aliphatic heterocycles. The Morgan fingerprint density at radius 2 is 1.26 bits per heavy atom. The van der Waals surface area contributed by atoms with Gasteiger partial charge in [0.25, 0.3) is 0 Å². The zero-order valence-corrected chi connectivity index (χ0v) is 43.0. The summed E-state index contributed by atoms with van der Waals surface area (Å²) in [5.74, 6) is 2.34. The summed E-state index contributed by atoms with van der Waals surface area (Å²) in [4.78, 5) is 9.58. The molecule has 7 aromatic carbocycles. The summed E-state index contributed by atoms with van der Waals surface area (Å²) in [5, 5.41) is 2.21. The van der Waals surface area contributed by atoms with Gasteiger partial charge >= 0.3 is 0 Å². The number of fused-ring (bicyclic) bond motifs is 4. The van der Waals surface area contributed by atoms with Gasteiger partial charge in [0.05, 0.1) is 0 Å². The SMILES string of the molecule is CC(C)c1ccccc1-c1cc(Oc2[c-]c3c(cc2)c2ccccc2n3-c2cc(C(C)(C)c3ccccc3)ccn2)[c-]c(N2[CH-]N(c3cccc(C(C)(C)C)c3)c3cc(C(C)(C)C)ccc32)c1.[Pt]. The smallest absolute Gasteiger partial charge is 0.135 e. The van der Waals surface area contributed by atoms with Gasteiger partial charge in [-0.2, -0.15) is 6.07 Å². The average Bonchev–Trinajstić information content (AvgIpc) is 3.87. The van der Waals surface area contributed by atoms with Crippen molar-refractivity contribution in [1.29, 1.82) is 0 Å². The van der Waals surface area contributed by atoms with Gasteiger partial charge in [0.2, 0.25) is 0 Å². The van der Waals surface area contributed by atoms with E-state index in [9.17, 15) is 0 Å². The number of nitrogens with zero attached hydrogens (tertiary/aromatic N) is 4. The van der Waals surface area contributed by atoms with Crippen molar-refractivity contribution in [3.05, 3.63) is 211 Å². The molecule has 0 saturated carbocycles. The molecule has 0 saturated heterocycles. The average molecular weight is 1070 g/mol. The second-order valence-corrected chi connectivity index (χ2v) is 20.9. The van der Waals surface area contributed by atoms with Crippen LogP contribution in [0.4, 0.5) is 22.7 Å². The Hall–Kier alpha value is -6.42. The maximum absolute atomic E-state index is 6.99. The zero-order chi connectivity index (χ0) is 46.8. The minimum atomic E-state index is -0.238. The number of anilines is 4. The molecule has 2 aromatic heterocycles. The van der Waals surface area contributed by atoms with Gasteiger partial charge < -0.3 is 19.1 Å². The molecule has 0 unspecified atom stereocenters. The van der Waals surface area contributed by atoms with E-state index in [2.05, 4.69) is 254 Å². The Balaban J connectivity index is 0.00000578. The molecule has 68 heavy (non-hydrogen) atoms. The molecule has 0 N–H and O–H groups in total. The van der Waals surface area contributed by atoms with E-state index in [0.29, 0.717) is 17.4 Å². The summed E-state index contributed by atoms with van der Waals surface area (Å²) in [7, 11) is 0. The number of aromatic nitrogens is 2. The maximum atomic E-state index is 6.99. The summed E-state index contributed by atoms with van der Waals surface area (Å²) in [6.07, 6.45) is 1.92. The molecule has 3 heterocycles. The van der Waals surface area contributed by atoms with Crippen LogP contribution in [-0.2, 0) is 37.3 Å². The maximum Gasteiger partial charge on any atom is 0.135 e. The van der Waals surface area contributed by atoms with Gasteiger partial charge in [0.1, 0.15) is 5.82 Å². The third-order valence-corrected chi connectivity index (χ3v) is 13.5. The second kappa shape index (κ2) is 17.9. The molecule has 0 radical (unpaired) electrons.